The van der Waals surface area contributed by atoms with Gasteiger partial charge in [-0.3, -0.25) is 14.3 Å². The molecule has 0 spiro atoms. The summed E-state index contributed by atoms with van der Waals surface area (Å²) in [6.07, 6.45) is 1.55. The van der Waals surface area contributed by atoms with E-state index in [1.54, 1.807) is 23.1 Å². The van der Waals surface area contributed by atoms with Gasteiger partial charge in [0.2, 0.25) is 0 Å². The van der Waals surface area contributed by atoms with Gasteiger partial charge in [0.1, 0.15) is 0 Å². The number of likely N-dealkylation sites (tertiary alicyclic amines) is 1. The third-order valence-electron chi connectivity index (χ3n) is 5.59. The Kier molecular flexibility index (Phi) is 5.41. The van der Waals surface area contributed by atoms with Gasteiger partial charge in [0, 0.05) is 43.4 Å². The summed E-state index contributed by atoms with van der Waals surface area (Å²) in [5.74, 6) is 0.106. The van der Waals surface area contributed by atoms with Gasteiger partial charge in [0.05, 0.1) is 28.0 Å². The number of alkyl halides is 3. The van der Waals surface area contributed by atoms with E-state index in [9.17, 15) is 18.0 Å². The number of anilines is 2. The monoisotopic (exact) mass is 490 g/mol. The van der Waals surface area contributed by atoms with Gasteiger partial charge in [-0.1, -0.05) is 11.6 Å². The minimum atomic E-state index is -4.62. The number of fused-ring (bicyclic) bond motifs is 1. The number of hydrogen-bond acceptors (Lipinski definition) is 6. The van der Waals surface area contributed by atoms with Crippen molar-refractivity contribution in [2.75, 3.05) is 18.4 Å². The van der Waals surface area contributed by atoms with Crippen molar-refractivity contribution in [1.82, 2.24) is 29.5 Å². The third kappa shape index (κ3) is 3.94. The van der Waals surface area contributed by atoms with Crippen LogP contribution >= 0.6 is 11.6 Å². The summed E-state index contributed by atoms with van der Waals surface area (Å²) < 4.78 is 41.4. The van der Waals surface area contributed by atoms with E-state index in [4.69, 9.17) is 17.3 Å². The Morgan fingerprint density at radius 2 is 2.12 bits per heavy atom. The Morgan fingerprint density at radius 1 is 1.29 bits per heavy atom. The third-order valence-corrected chi connectivity index (χ3v) is 5.90. The lowest BCUT2D eigenvalue weighted by atomic mass is 10.1. The fourth-order valence-electron chi connectivity index (χ4n) is 3.95. The van der Waals surface area contributed by atoms with Crippen LogP contribution in [0.4, 0.5) is 24.7 Å². The van der Waals surface area contributed by atoms with Crippen molar-refractivity contribution in [2.45, 2.75) is 18.6 Å². The van der Waals surface area contributed by atoms with E-state index in [0.717, 1.165) is 6.42 Å². The highest BCUT2D eigenvalue weighted by atomic mass is 35.5. The molecule has 4 N–H and O–H groups in total. The molecule has 1 amide bonds. The molecule has 0 unspecified atom stereocenters. The molecule has 5 rings (SSSR count). The van der Waals surface area contributed by atoms with E-state index >= 15 is 0 Å². The zero-order valence-corrected chi connectivity index (χ0v) is 18.2. The highest BCUT2D eigenvalue weighted by molar-refractivity contribution is 6.34. The second-order valence-electron chi connectivity index (χ2n) is 7.88. The number of nitrogens with one attached hydrogen (secondary N) is 2. The number of nitrogens with zero attached hydrogens (tertiary/aromatic N) is 5. The minimum Gasteiger partial charge on any atom is -0.337 e. The molecule has 0 aliphatic carbocycles. The van der Waals surface area contributed by atoms with E-state index in [0.29, 0.717) is 35.8 Å². The van der Waals surface area contributed by atoms with Crippen molar-refractivity contribution in [1.29, 1.82) is 0 Å². The van der Waals surface area contributed by atoms with E-state index < -0.39 is 11.9 Å². The number of carbonyl (C=O) groups is 1. The maximum Gasteiger partial charge on any atom is 0.435 e. The summed E-state index contributed by atoms with van der Waals surface area (Å²) in [6.45, 7) is 1.06. The smallest absolute Gasteiger partial charge is 0.337 e. The highest BCUT2D eigenvalue weighted by Gasteiger charge is 2.37. The van der Waals surface area contributed by atoms with Gasteiger partial charge >= 0.3 is 6.18 Å². The number of rotatable bonds is 4. The molecule has 4 heterocycles. The molecular weight excluding hydrogens is 473 g/mol. The van der Waals surface area contributed by atoms with Gasteiger partial charge < -0.3 is 16.0 Å². The summed E-state index contributed by atoms with van der Waals surface area (Å²) in [5.41, 5.74) is 6.10. The van der Waals surface area contributed by atoms with E-state index in [-0.39, 0.29) is 28.2 Å². The number of aromatic nitrogens is 5. The maximum atomic E-state index is 13.3. The molecule has 34 heavy (non-hydrogen) atoms. The fourth-order valence-corrected chi connectivity index (χ4v) is 4.21. The zero-order valence-electron chi connectivity index (χ0n) is 17.5. The normalized spacial score (nSPS) is 16.4. The first-order valence-electron chi connectivity index (χ1n) is 10.3. The Labute approximate surface area is 195 Å². The number of halogens is 4. The van der Waals surface area contributed by atoms with Crippen molar-refractivity contribution in [3.8, 4) is 11.3 Å². The predicted molar refractivity (Wildman–Crippen MR) is 119 cm³/mol. The van der Waals surface area contributed by atoms with Gasteiger partial charge in [-0.25, -0.2) is 9.97 Å². The van der Waals surface area contributed by atoms with Crippen LogP contribution in [-0.4, -0.2) is 54.5 Å². The number of benzene rings is 1. The van der Waals surface area contributed by atoms with Crippen molar-refractivity contribution in [2.24, 2.45) is 5.73 Å². The molecule has 176 valence electrons. The van der Waals surface area contributed by atoms with Gasteiger partial charge in [-0.05, 0) is 24.6 Å². The standard InChI is InChI=1S/C21H18ClF3N8O/c22-15-7-12(1-2-13(15)20(34)32-5-3-11(26)10-32)30-18-19-28-9-16(33(19)6-4-27-18)14-8-29-31-17(14)21(23,24)25/h1-2,4,6-9,11H,3,5,10,26H2,(H,27,30)(H,29,31)/t11-/m1/s1. The van der Waals surface area contributed by atoms with Gasteiger partial charge in [-0.15, -0.1) is 0 Å². The van der Waals surface area contributed by atoms with Crippen molar-refractivity contribution < 1.29 is 18.0 Å². The van der Waals surface area contributed by atoms with Crippen molar-refractivity contribution >= 4 is 34.7 Å². The van der Waals surface area contributed by atoms with Crippen LogP contribution in [0, 0.1) is 0 Å². The second kappa shape index (κ2) is 8.29. The molecule has 9 nitrogen and oxygen atoms in total. The van der Waals surface area contributed by atoms with Crippen LogP contribution < -0.4 is 11.1 Å². The summed E-state index contributed by atoms with van der Waals surface area (Å²) in [5, 5.41) is 8.90. The van der Waals surface area contributed by atoms with E-state index in [1.807, 2.05) is 0 Å². The summed E-state index contributed by atoms with van der Waals surface area (Å²) in [6, 6.07) is 4.82. The predicted octanol–water partition coefficient (Wildman–Crippen LogP) is 3.71. The Balaban J connectivity index is 1.44. The maximum absolute atomic E-state index is 13.3. The lowest BCUT2D eigenvalue weighted by molar-refractivity contribution is -0.140. The van der Waals surface area contributed by atoms with Crippen LogP contribution in [0.1, 0.15) is 22.5 Å². The largest absolute Gasteiger partial charge is 0.435 e. The van der Waals surface area contributed by atoms with E-state index in [2.05, 4.69) is 25.5 Å². The SMILES string of the molecule is N[C@@H]1CCN(C(=O)c2ccc(Nc3nccn4c(-c5c[nH]nc5C(F)(F)F)cnc34)cc2Cl)C1. The molecule has 1 aliphatic rings. The molecule has 0 bridgehead atoms. The Hall–Kier alpha value is -3.64. The molecule has 1 atom stereocenters. The first-order chi connectivity index (χ1) is 16.2. The fraction of sp³-hybridized carbons (Fsp3) is 0.238. The first-order valence-corrected chi connectivity index (χ1v) is 10.6. The number of H-pyrrole nitrogens is 1. The number of aromatic amines is 1. The van der Waals surface area contributed by atoms with Crippen molar-refractivity contribution in [3.05, 3.63) is 59.3 Å². The lowest BCUT2D eigenvalue weighted by Crippen LogP contribution is -2.32. The van der Waals surface area contributed by atoms with Crippen LogP contribution in [-0.2, 0) is 6.18 Å². The number of nitrogens with two attached hydrogens (primary N) is 1. The number of amides is 1. The summed E-state index contributed by atoms with van der Waals surface area (Å²) in [7, 11) is 0. The molecule has 1 saturated heterocycles. The molecule has 3 aromatic heterocycles. The van der Waals surface area contributed by atoms with Crippen molar-refractivity contribution in [3.63, 3.8) is 0 Å². The molecule has 4 aromatic rings. The average molecular weight is 491 g/mol. The Morgan fingerprint density at radius 3 is 2.82 bits per heavy atom. The van der Waals surface area contributed by atoms with E-state index in [1.165, 1.54) is 29.2 Å². The second-order valence-corrected chi connectivity index (χ2v) is 8.28. The summed E-state index contributed by atoms with van der Waals surface area (Å²) >= 11 is 6.38. The zero-order chi connectivity index (χ0) is 24.0. The van der Waals surface area contributed by atoms with Crippen LogP contribution in [0.2, 0.25) is 5.02 Å². The highest BCUT2D eigenvalue weighted by Crippen LogP contribution is 2.36. The lowest BCUT2D eigenvalue weighted by Gasteiger charge is -2.17. The quantitative estimate of drug-likeness (QED) is 0.401. The molecule has 1 aliphatic heterocycles. The summed E-state index contributed by atoms with van der Waals surface area (Å²) in [4.78, 5) is 22.9. The van der Waals surface area contributed by atoms with Gasteiger partial charge in [0.25, 0.3) is 5.91 Å². The molecular formula is C21H18ClF3N8O. The van der Waals surface area contributed by atoms with Crippen LogP contribution in [0.3, 0.4) is 0 Å². The number of imidazole rings is 1. The molecule has 1 aromatic carbocycles. The minimum absolute atomic E-state index is 0.0380. The first kappa shape index (κ1) is 22.2. The van der Waals surface area contributed by atoms with Crippen LogP contribution in [0.15, 0.2) is 43.0 Å². The van der Waals surface area contributed by atoms with Crippen LogP contribution in [0.25, 0.3) is 16.9 Å². The van der Waals surface area contributed by atoms with Crippen LogP contribution in [0.5, 0.6) is 0 Å². The average Bonchev–Trinajstić information content (AvgIpc) is 3.52. The molecule has 13 heteroatoms. The number of carbonyl (C=O) groups excluding carboxylic acids is 1. The Bertz CT molecular complexity index is 1380. The number of hydrogen-bond donors (Lipinski definition) is 3. The molecule has 1 fully saturated rings. The molecule has 0 saturated carbocycles. The van der Waals surface area contributed by atoms with Gasteiger partial charge in [0.15, 0.2) is 17.2 Å². The molecule has 0 radical (unpaired) electrons. The topological polar surface area (TPSA) is 117 Å². The van der Waals surface area contributed by atoms with Gasteiger partial charge in [-0.2, -0.15) is 18.3 Å².